The molecule has 1 aliphatic carbocycles. The van der Waals surface area contributed by atoms with Crippen LogP contribution in [0.3, 0.4) is 0 Å². The highest BCUT2D eigenvalue weighted by Crippen LogP contribution is 2.47. The van der Waals surface area contributed by atoms with Gasteiger partial charge in [0.1, 0.15) is 6.54 Å². The van der Waals surface area contributed by atoms with Gasteiger partial charge < -0.3 is 14.8 Å². The third-order valence-corrected chi connectivity index (χ3v) is 7.50. The average molecular weight is 397 g/mol. The van der Waals surface area contributed by atoms with Gasteiger partial charge in [-0.15, -0.1) is 0 Å². The number of quaternary nitrogens is 1. The fraction of sp³-hybridized carbons (Fsp3) is 0.640. The molecule has 0 spiro atoms. The Morgan fingerprint density at radius 3 is 2.59 bits per heavy atom. The van der Waals surface area contributed by atoms with E-state index in [1.165, 1.54) is 25.8 Å². The number of rotatable bonds is 5. The number of nitrogens with one attached hydrogen (secondary N) is 2. The van der Waals surface area contributed by atoms with Gasteiger partial charge in [0.05, 0.1) is 18.2 Å². The number of aromatic nitrogens is 1. The number of H-pyrrole nitrogens is 1. The molecule has 0 amide bonds. The molecule has 2 aliphatic rings. The van der Waals surface area contributed by atoms with E-state index >= 15 is 0 Å². The first-order valence-electron chi connectivity index (χ1n) is 11.4. The molecule has 1 unspecified atom stereocenters. The van der Waals surface area contributed by atoms with Crippen LogP contribution in [-0.2, 0) is 6.54 Å². The van der Waals surface area contributed by atoms with Gasteiger partial charge in [-0.1, -0.05) is 20.8 Å². The second-order valence-corrected chi connectivity index (χ2v) is 10.7. The summed E-state index contributed by atoms with van der Waals surface area (Å²) in [4.78, 5) is 21.0. The summed E-state index contributed by atoms with van der Waals surface area (Å²) in [5, 5.41) is 0.836. The van der Waals surface area contributed by atoms with E-state index < -0.39 is 0 Å². The zero-order valence-electron chi connectivity index (χ0n) is 19.1. The summed E-state index contributed by atoms with van der Waals surface area (Å²) in [6.07, 6.45) is 3.89. The summed E-state index contributed by atoms with van der Waals surface area (Å²) in [6.45, 7) is 17.6. The lowest BCUT2D eigenvalue weighted by atomic mass is 9.65. The van der Waals surface area contributed by atoms with Crippen molar-refractivity contribution >= 4 is 16.6 Å². The number of hydrogen-bond acceptors (Lipinski definition) is 2. The Labute approximate surface area is 175 Å². The van der Waals surface area contributed by atoms with Crippen LogP contribution in [0.5, 0.6) is 0 Å². The molecule has 2 N–H and O–H groups in total. The van der Waals surface area contributed by atoms with E-state index in [-0.39, 0.29) is 5.43 Å². The molecule has 2 aromatic rings. The van der Waals surface area contributed by atoms with Crippen LogP contribution in [0.1, 0.15) is 65.1 Å². The fourth-order valence-electron chi connectivity index (χ4n) is 6.62. The minimum Gasteiger partial charge on any atom is -0.372 e. The highest BCUT2D eigenvalue weighted by atomic mass is 16.1. The van der Waals surface area contributed by atoms with Crippen LogP contribution in [-0.4, -0.2) is 30.7 Å². The van der Waals surface area contributed by atoms with Crippen molar-refractivity contribution in [2.75, 3.05) is 24.5 Å². The van der Waals surface area contributed by atoms with Gasteiger partial charge in [0.25, 0.3) is 0 Å². The number of aryl methyl sites for hydroxylation is 1. The van der Waals surface area contributed by atoms with E-state index in [0.29, 0.717) is 16.9 Å². The number of likely N-dealkylation sites (tertiary alicyclic amines) is 1. The Bertz CT molecular complexity index is 972. The van der Waals surface area contributed by atoms with Gasteiger partial charge in [0.15, 0.2) is 5.43 Å². The van der Waals surface area contributed by atoms with E-state index in [4.69, 9.17) is 0 Å². The molecule has 4 heteroatoms. The van der Waals surface area contributed by atoms with Crippen LogP contribution in [0.2, 0.25) is 0 Å². The van der Waals surface area contributed by atoms with Gasteiger partial charge in [-0.2, -0.15) is 0 Å². The predicted octanol–water partition coefficient (Wildman–Crippen LogP) is 3.67. The van der Waals surface area contributed by atoms with Gasteiger partial charge in [-0.25, -0.2) is 0 Å². The molecule has 29 heavy (non-hydrogen) atoms. The van der Waals surface area contributed by atoms with E-state index in [1.54, 1.807) is 4.90 Å². The Hall–Kier alpha value is -1.81. The van der Waals surface area contributed by atoms with Gasteiger partial charge in [0, 0.05) is 53.6 Å². The zero-order chi connectivity index (χ0) is 21.0. The number of fused-ring (bicyclic) bond motifs is 3. The van der Waals surface area contributed by atoms with Crippen molar-refractivity contribution < 1.29 is 4.90 Å². The molecule has 2 fully saturated rings. The molecule has 1 saturated carbocycles. The van der Waals surface area contributed by atoms with E-state index in [9.17, 15) is 4.79 Å². The molecule has 0 radical (unpaired) electrons. The smallest absolute Gasteiger partial charge is 0.198 e. The largest absolute Gasteiger partial charge is 0.372 e. The second-order valence-electron chi connectivity index (χ2n) is 10.7. The number of benzene rings is 1. The Balaban J connectivity index is 1.70. The Kier molecular flexibility index (Phi) is 5.05. The number of nitrogens with zero attached hydrogens (tertiary/aromatic N) is 1. The van der Waals surface area contributed by atoms with Crippen LogP contribution in [0, 0.1) is 17.8 Å². The van der Waals surface area contributed by atoms with E-state index in [1.807, 2.05) is 0 Å². The van der Waals surface area contributed by atoms with E-state index in [0.717, 1.165) is 47.5 Å². The molecule has 4 nitrogen and oxygen atoms in total. The third kappa shape index (κ3) is 3.72. The maximum atomic E-state index is 13.5. The SMILES string of the molecule is CCN(CC)c1ccc2[nH]c(C)c(C[NH+]3C[C@@]4(C)C[C@@H]3CC(C)(C)C4)c(=O)c2c1. The molecule has 1 aliphatic heterocycles. The molecule has 4 rings (SSSR count). The van der Waals surface area contributed by atoms with Crippen LogP contribution in [0.15, 0.2) is 23.0 Å². The summed E-state index contributed by atoms with van der Waals surface area (Å²) >= 11 is 0. The maximum absolute atomic E-state index is 13.5. The summed E-state index contributed by atoms with van der Waals surface area (Å²) in [5.74, 6) is 0. The molecule has 2 bridgehead atoms. The lowest BCUT2D eigenvalue weighted by Gasteiger charge is -2.37. The van der Waals surface area contributed by atoms with E-state index in [2.05, 4.69) is 69.6 Å². The maximum Gasteiger partial charge on any atom is 0.198 e. The topological polar surface area (TPSA) is 40.5 Å². The minimum atomic E-state index is 0.226. The van der Waals surface area contributed by atoms with Crippen molar-refractivity contribution in [1.82, 2.24) is 4.98 Å². The highest BCUT2D eigenvalue weighted by Gasteiger charge is 2.52. The molecule has 158 valence electrons. The Morgan fingerprint density at radius 1 is 1.17 bits per heavy atom. The normalized spacial score (nSPS) is 28.1. The molecular weight excluding hydrogens is 358 g/mol. The summed E-state index contributed by atoms with van der Waals surface area (Å²) in [7, 11) is 0. The van der Waals surface area contributed by atoms with Crippen molar-refractivity contribution in [3.63, 3.8) is 0 Å². The molecular formula is C25H38N3O+. The lowest BCUT2D eigenvalue weighted by molar-refractivity contribution is -0.928. The summed E-state index contributed by atoms with van der Waals surface area (Å²) in [5.41, 5.74) is 5.19. The first-order chi connectivity index (χ1) is 13.6. The molecule has 2 heterocycles. The first kappa shape index (κ1) is 20.5. The van der Waals surface area contributed by atoms with Crippen molar-refractivity contribution in [1.29, 1.82) is 0 Å². The standard InChI is InChI=1S/C25H37N3O/c1-7-27(8-2)18-9-10-22-20(11-18)23(29)21(17(3)26-22)14-28-16-25(6)13-19(28)12-24(4,5)15-25/h9-11,19H,7-8,12-16H2,1-6H3,(H,26,29)/p+1/t19-,25-/m0/s1. The first-order valence-corrected chi connectivity index (χ1v) is 11.4. The number of anilines is 1. The van der Waals surface area contributed by atoms with Gasteiger partial charge in [-0.3, -0.25) is 4.79 Å². The molecule has 1 saturated heterocycles. The van der Waals surface area contributed by atoms with Crippen LogP contribution < -0.4 is 15.2 Å². The summed E-state index contributed by atoms with van der Waals surface area (Å²) in [6, 6.07) is 6.97. The second kappa shape index (κ2) is 7.16. The van der Waals surface area contributed by atoms with Crippen LogP contribution in [0.25, 0.3) is 10.9 Å². The van der Waals surface area contributed by atoms with Crippen LogP contribution in [0.4, 0.5) is 5.69 Å². The fourth-order valence-corrected chi connectivity index (χ4v) is 6.62. The van der Waals surface area contributed by atoms with Crippen molar-refractivity contribution in [3.8, 4) is 0 Å². The number of hydrogen-bond donors (Lipinski definition) is 2. The predicted molar refractivity (Wildman–Crippen MR) is 122 cm³/mol. The number of aromatic amines is 1. The zero-order valence-corrected chi connectivity index (χ0v) is 19.1. The third-order valence-electron chi connectivity index (χ3n) is 7.50. The lowest BCUT2D eigenvalue weighted by Crippen LogP contribution is -3.12. The van der Waals surface area contributed by atoms with Gasteiger partial charge in [-0.05, 0) is 50.8 Å². The Morgan fingerprint density at radius 2 is 1.90 bits per heavy atom. The average Bonchev–Trinajstić information content (AvgIpc) is 2.88. The molecule has 1 aromatic heterocycles. The summed E-state index contributed by atoms with van der Waals surface area (Å²) < 4.78 is 0. The van der Waals surface area contributed by atoms with Gasteiger partial charge in [0.2, 0.25) is 0 Å². The number of pyridine rings is 1. The van der Waals surface area contributed by atoms with Crippen LogP contribution >= 0.6 is 0 Å². The van der Waals surface area contributed by atoms with Crippen molar-refractivity contribution in [3.05, 3.63) is 39.7 Å². The minimum absolute atomic E-state index is 0.226. The highest BCUT2D eigenvalue weighted by molar-refractivity contribution is 5.83. The van der Waals surface area contributed by atoms with Crippen molar-refractivity contribution in [2.24, 2.45) is 10.8 Å². The van der Waals surface area contributed by atoms with Gasteiger partial charge >= 0.3 is 0 Å². The van der Waals surface area contributed by atoms with Crippen molar-refractivity contribution in [2.45, 2.75) is 73.4 Å². The quantitative estimate of drug-likeness (QED) is 0.810. The molecule has 1 aromatic carbocycles. The molecule has 3 atom stereocenters. The monoisotopic (exact) mass is 396 g/mol.